The maximum Gasteiger partial charge on any atom is 0.258 e. The number of methoxy groups -OCH3 is 2. The van der Waals surface area contributed by atoms with Crippen LogP contribution in [0.2, 0.25) is 0 Å². The van der Waals surface area contributed by atoms with E-state index >= 15 is 0 Å². The molecule has 2 aliphatic rings. The number of rotatable bonds is 4. The summed E-state index contributed by atoms with van der Waals surface area (Å²) < 4.78 is 10.7. The predicted molar refractivity (Wildman–Crippen MR) is 110 cm³/mol. The van der Waals surface area contributed by atoms with Gasteiger partial charge in [0.25, 0.3) is 5.56 Å². The molecule has 1 aromatic carbocycles. The van der Waals surface area contributed by atoms with Gasteiger partial charge in [0, 0.05) is 30.6 Å². The van der Waals surface area contributed by atoms with E-state index in [-0.39, 0.29) is 16.9 Å². The van der Waals surface area contributed by atoms with E-state index in [9.17, 15) is 14.9 Å². The molecule has 0 aliphatic carbocycles. The summed E-state index contributed by atoms with van der Waals surface area (Å²) in [6.07, 6.45) is 3.19. The van der Waals surface area contributed by atoms with Gasteiger partial charge in [-0.15, -0.1) is 0 Å². The van der Waals surface area contributed by atoms with Crippen molar-refractivity contribution in [3.05, 3.63) is 39.7 Å². The van der Waals surface area contributed by atoms with Crippen LogP contribution in [0.3, 0.4) is 0 Å². The fraction of sp³-hybridized carbons (Fsp3) is 0.429. The number of H-pyrrole nitrogens is 1. The lowest BCUT2D eigenvalue weighted by atomic mass is 9.78. The average Bonchev–Trinajstić information content (AvgIpc) is 2.78. The Morgan fingerprint density at radius 2 is 1.93 bits per heavy atom. The summed E-state index contributed by atoms with van der Waals surface area (Å²) in [5.41, 5.74) is 0.438. The lowest BCUT2D eigenvalue weighted by Gasteiger charge is -2.31. The molecule has 2 aromatic rings. The van der Waals surface area contributed by atoms with Crippen molar-refractivity contribution in [1.29, 1.82) is 5.26 Å². The minimum atomic E-state index is -1.09. The summed E-state index contributed by atoms with van der Waals surface area (Å²) in [6.45, 7) is 1.60. The molecule has 2 unspecified atom stereocenters. The fourth-order valence-corrected chi connectivity index (χ4v) is 4.17. The van der Waals surface area contributed by atoms with Gasteiger partial charge in [0.15, 0.2) is 0 Å². The van der Waals surface area contributed by atoms with Crippen molar-refractivity contribution in [2.45, 2.75) is 25.2 Å². The van der Waals surface area contributed by atoms with Crippen molar-refractivity contribution >= 4 is 17.7 Å². The van der Waals surface area contributed by atoms with E-state index < -0.39 is 17.7 Å². The number of nitrogens with zero attached hydrogens (tertiary/aromatic N) is 3. The molecule has 0 spiro atoms. The van der Waals surface area contributed by atoms with Crippen LogP contribution in [0.25, 0.3) is 0 Å². The van der Waals surface area contributed by atoms with Gasteiger partial charge < -0.3 is 19.7 Å². The second-order valence-electron chi connectivity index (χ2n) is 7.38. The van der Waals surface area contributed by atoms with Crippen LogP contribution in [-0.4, -0.2) is 43.2 Å². The second-order valence-corrected chi connectivity index (χ2v) is 7.38. The van der Waals surface area contributed by atoms with Gasteiger partial charge in [0.05, 0.1) is 25.9 Å². The zero-order valence-corrected chi connectivity index (χ0v) is 16.9. The van der Waals surface area contributed by atoms with E-state index in [1.807, 2.05) is 11.0 Å². The van der Waals surface area contributed by atoms with Gasteiger partial charge in [-0.05, 0) is 25.3 Å². The van der Waals surface area contributed by atoms with E-state index in [1.165, 1.54) is 14.2 Å². The number of hydrogen-bond donors (Lipinski definition) is 2. The maximum atomic E-state index is 13.2. The maximum absolute atomic E-state index is 13.2. The number of fused-ring (bicyclic) bond motifs is 1. The van der Waals surface area contributed by atoms with E-state index in [0.717, 1.165) is 32.4 Å². The van der Waals surface area contributed by atoms with Crippen LogP contribution >= 0.6 is 0 Å². The lowest BCUT2D eigenvalue weighted by Crippen LogP contribution is -2.40. The highest BCUT2D eigenvalue weighted by molar-refractivity contribution is 5.98. The summed E-state index contributed by atoms with van der Waals surface area (Å²) in [7, 11) is 3.03. The van der Waals surface area contributed by atoms with Gasteiger partial charge >= 0.3 is 0 Å². The summed E-state index contributed by atoms with van der Waals surface area (Å²) in [4.78, 5) is 35.3. The minimum Gasteiger partial charge on any atom is -0.497 e. The number of amides is 1. The first-order valence-corrected chi connectivity index (χ1v) is 9.89. The van der Waals surface area contributed by atoms with E-state index in [0.29, 0.717) is 23.0 Å². The first-order valence-electron chi connectivity index (χ1n) is 9.89. The Morgan fingerprint density at radius 1 is 1.17 bits per heavy atom. The third-order valence-corrected chi connectivity index (χ3v) is 5.68. The number of hydrogen-bond acceptors (Lipinski definition) is 7. The fourth-order valence-electron chi connectivity index (χ4n) is 4.17. The standard InChI is InChI=1S/C21H23N5O4/c1-29-12-6-7-13(15(10-12)30-2)16-14(11-22)19(27)23-18-17(16)20(28)25-21(24-18)26-8-4-3-5-9-26/h6-7,10,14,16H,3-5,8-9H2,1-2H3,(H2,23,24,25,27,28). The van der Waals surface area contributed by atoms with Gasteiger partial charge in [-0.25, -0.2) is 0 Å². The molecule has 1 amide bonds. The van der Waals surface area contributed by atoms with Crippen LogP contribution in [0.4, 0.5) is 11.8 Å². The van der Waals surface area contributed by atoms with E-state index in [4.69, 9.17) is 9.47 Å². The van der Waals surface area contributed by atoms with Crippen molar-refractivity contribution in [1.82, 2.24) is 9.97 Å². The van der Waals surface area contributed by atoms with Crippen LogP contribution in [-0.2, 0) is 4.79 Å². The number of carbonyl (C=O) groups is 1. The quantitative estimate of drug-likeness (QED) is 0.792. The van der Waals surface area contributed by atoms with E-state index in [1.54, 1.807) is 18.2 Å². The van der Waals surface area contributed by atoms with Crippen LogP contribution in [0.1, 0.15) is 36.3 Å². The molecule has 0 bridgehead atoms. The largest absolute Gasteiger partial charge is 0.497 e. The summed E-state index contributed by atoms with van der Waals surface area (Å²) in [5.74, 6) is -0.768. The third-order valence-electron chi connectivity index (χ3n) is 5.68. The number of ether oxygens (including phenoxy) is 2. The van der Waals surface area contributed by atoms with Gasteiger partial charge in [0.1, 0.15) is 23.2 Å². The molecule has 1 fully saturated rings. The molecular weight excluding hydrogens is 386 g/mol. The van der Waals surface area contributed by atoms with Gasteiger partial charge in [-0.1, -0.05) is 6.07 Å². The molecule has 9 nitrogen and oxygen atoms in total. The number of nitriles is 1. The zero-order chi connectivity index (χ0) is 21.3. The molecule has 0 radical (unpaired) electrons. The van der Waals surface area contributed by atoms with Crippen molar-refractivity contribution in [3.63, 3.8) is 0 Å². The smallest absolute Gasteiger partial charge is 0.258 e. The normalized spacial score (nSPS) is 20.7. The van der Waals surface area contributed by atoms with Crippen LogP contribution in [0, 0.1) is 17.2 Å². The number of piperidine rings is 1. The summed E-state index contributed by atoms with van der Waals surface area (Å²) >= 11 is 0. The molecule has 1 saturated heterocycles. The van der Waals surface area contributed by atoms with Gasteiger partial charge in [-0.3, -0.25) is 14.6 Å². The van der Waals surface area contributed by atoms with Gasteiger partial charge in [0.2, 0.25) is 11.9 Å². The number of benzene rings is 1. The Hall–Kier alpha value is -3.54. The molecule has 0 saturated carbocycles. The number of anilines is 2. The molecule has 2 atom stereocenters. The summed E-state index contributed by atoms with van der Waals surface area (Å²) in [5, 5.41) is 12.4. The molecule has 2 N–H and O–H groups in total. The van der Waals surface area contributed by atoms with Crippen molar-refractivity contribution in [2.24, 2.45) is 5.92 Å². The SMILES string of the molecule is COc1ccc(C2c3c(nc(N4CCCCC4)[nH]c3=O)NC(=O)C2C#N)c(OC)c1. The van der Waals surface area contributed by atoms with Crippen LogP contribution < -0.4 is 25.2 Å². The second kappa shape index (κ2) is 8.06. The topological polar surface area (TPSA) is 120 Å². The van der Waals surface area contributed by atoms with E-state index in [2.05, 4.69) is 15.3 Å². The Bertz CT molecular complexity index is 1070. The molecule has 9 heteroatoms. The molecule has 3 heterocycles. The Labute approximate surface area is 173 Å². The zero-order valence-electron chi connectivity index (χ0n) is 16.9. The molecule has 2 aliphatic heterocycles. The summed E-state index contributed by atoms with van der Waals surface area (Å²) in [6, 6.07) is 7.13. The average molecular weight is 409 g/mol. The van der Waals surface area contributed by atoms with Crippen molar-refractivity contribution < 1.29 is 14.3 Å². The Kier molecular flexibility index (Phi) is 5.31. The highest BCUT2D eigenvalue weighted by atomic mass is 16.5. The monoisotopic (exact) mass is 409 g/mol. The number of aromatic nitrogens is 2. The predicted octanol–water partition coefficient (Wildman–Crippen LogP) is 2.00. The van der Waals surface area contributed by atoms with Gasteiger partial charge in [-0.2, -0.15) is 10.2 Å². The van der Waals surface area contributed by atoms with Crippen molar-refractivity contribution in [3.8, 4) is 17.6 Å². The number of aromatic amines is 1. The third kappa shape index (κ3) is 3.34. The molecular formula is C21H23N5O4. The number of carbonyl (C=O) groups excluding carboxylic acids is 1. The first kappa shape index (κ1) is 19.8. The lowest BCUT2D eigenvalue weighted by molar-refractivity contribution is -0.119. The van der Waals surface area contributed by atoms with Crippen LogP contribution in [0.15, 0.2) is 23.0 Å². The first-order chi connectivity index (χ1) is 14.6. The highest BCUT2D eigenvalue weighted by Gasteiger charge is 2.41. The number of nitrogens with one attached hydrogen (secondary N) is 2. The molecule has 1 aromatic heterocycles. The van der Waals surface area contributed by atoms with Crippen LogP contribution in [0.5, 0.6) is 11.5 Å². The minimum absolute atomic E-state index is 0.193. The Morgan fingerprint density at radius 3 is 2.60 bits per heavy atom. The molecule has 4 rings (SSSR count). The molecule has 156 valence electrons. The van der Waals surface area contributed by atoms with Crippen molar-refractivity contribution in [2.75, 3.05) is 37.5 Å². The Balaban J connectivity index is 1.87. The molecule has 30 heavy (non-hydrogen) atoms. The highest BCUT2D eigenvalue weighted by Crippen LogP contribution is 2.42.